The van der Waals surface area contributed by atoms with E-state index >= 15 is 0 Å². The van der Waals surface area contributed by atoms with E-state index < -0.39 is 41.6 Å². The summed E-state index contributed by atoms with van der Waals surface area (Å²) in [4.78, 5) is 41.0. The number of allylic oxidation sites excluding steroid dienone is 1. The molecule has 0 aromatic heterocycles. The first-order valence-corrected chi connectivity index (χ1v) is 9.82. The van der Waals surface area contributed by atoms with E-state index in [1.807, 2.05) is 0 Å². The highest BCUT2D eigenvalue weighted by molar-refractivity contribution is 6.24. The Morgan fingerprint density at radius 3 is 2.45 bits per heavy atom. The number of hydrazone groups is 1. The van der Waals surface area contributed by atoms with E-state index in [1.165, 1.54) is 36.5 Å². The number of ether oxygens (including phenoxy) is 1. The molecule has 2 amide bonds. The molecule has 0 saturated carbocycles. The second kappa shape index (κ2) is 7.16. The normalized spacial score (nSPS) is 26.3. The van der Waals surface area contributed by atoms with E-state index in [1.54, 1.807) is 42.5 Å². The third-order valence-electron chi connectivity index (χ3n) is 6.03. The summed E-state index contributed by atoms with van der Waals surface area (Å²) in [5.74, 6) is -3.32. The number of rotatable bonds is 4. The van der Waals surface area contributed by atoms with E-state index in [2.05, 4.69) is 5.10 Å². The van der Waals surface area contributed by atoms with Crippen LogP contribution in [0.4, 0.5) is 10.1 Å². The Morgan fingerprint density at radius 2 is 1.74 bits per heavy atom. The van der Waals surface area contributed by atoms with Crippen molar-refractivity contribution in [3.05, 3.63) is 72.1 Å². The molecule has 156 valence electrons. The van der Waals surface area contributed by atoms with Crippen molar-refractivity contribution >= 4 is 29.5 Å². The minimum Gasteiger partial charge on any atom is -0.497 e. The van der Waals surface area contributed by atoms with Crippen LogP contribution in [0.1, 0.15) is 10.4 Å². The van der Waals surface area contributed by atoms with Gasteiger partial charge in [-0.3, -0.25) is 19.4 Å². The Hall–Kier alpha value is -3.81. The number of methoxy groups -OCH3 is 1. The zero-order chi connectivity index (χ0) is 21.7. The summed E-state index contributed by atoms with van der Waals surface area (Å²) in [5, 5.41) is 5.82. The number of carbonyl (C=O) groups is 3. The van der Waals surface area contributed by atoms with Crippen LogP contribution in [-0.4, -0.2) is 48.0 Å². The molecule has 0 bridgehead atoms. The van der Waals surface area contributed by atoms with Crippen LogP contribution < -0.4 is 9.64 Å². The average molecular weight is 419 g/mol. The molecule has 0 N–H and O–H groups in total. The van der Waals surface area contributed by atoms with Gasteiger partial charge in [0.15, 0.2) is 5.78 Å². The largest absolute Gasteiger partial charge is 0.497 e. The predicted molar refractivity (Wildman–Crippen MR) is 110 cm³/mol. The smallest absolute Gasteiger partial charge is 0.240 e. The Labute approximate surface area is 177 Å². The van der Waals surface area contributed by atoms with Crippen molar-refractivity contribution < 1.29 is 23.5 Å². The van der Waals surface area contributed by atoms with Crippen molar-refractivity contribution in [3.8, 4) is 5.75 Å². The number of anilines is 1. The number of nitrogens with zero attached hydrogens (tertiary/aromatic N) is 3. The molecule has 4 atom stereocenters. The van der Waals surface area contributed by atoms with Crippen LogP contribution in [0, 0.1) is 17.7 Å². The Kier molecular flexibility index (Phi) is 4.43. The molecular weight excluding hydrogens is 401 g/mol. The quantitative estimate of drug-likeness (QED) is 0.562. The molecule has 0 unspecified atom stereocenters. The zero-order valence-electron chi connectivity index (χ0n) is 16.5. The van der Waals surface area contributed by atoms with Gasteiger partial charge in [-0.15, -0.1) is 0 Å². The second-order valence-corrected chi connectivity index (χ2v) is 7.57. The zero-order valence-corrected chi connectivity index (χ0v) is 16.5. The Balaban J connectivity index is 1.57. The maximum Gasteiger partial charge on any atom is 0.240 e. The van der Waals surface area contributed by atoms with Crippen molar-refractivity contribution in [2.24, 2.45) is 16.9 Å². The van der Waals surface area contributed by atoms with Gasteiger partial charge in [-0.1, -0.05) is 18.2 Å². The first-order valence-electron chi connectivity index (χ1n) is 9.82. The molecule has 3 aliphatic rings. The number of halogens is 1. The van der Waals surface area contributed by atoms with Gasteiger partial charge in [0.1, 0.15) is 17.6 Å². The van der Waals surface area contributed by atoms with Crippen molar-refractivity contribution in [1.29, 1.82) is 0 Å². The number of ketones is 1. The second-order valence-electron chi connectivity index (χ2n) is 7.57. The average Bonchev–Trinajstić information content (AvgIpc) is 3.27. The fourth-order valence-electron chi connectivity index (χ4n) is 4.63. The lowest BCUT2D eigenvalue weighted by Crippen LogP contribution is -2.46. The molecule has 3 heterocycles. The number of Topliss-reactive ketones (excluding diaryl/α,β-unsaturated/α-hetero) is 1. The van der Waals surface area contributed by atoms with Gasteiger partial charge in [0.25, 0.3) is 0 Å². The third kappa shape index (κ3) is 2.78. The van der Waals surface area contributed by atoms with Gasteiger partial charge >= 0.3 is 0 Å². The molecule has 2 aromatic carbocycles. The topological polar surface area (TPSA) is 79.3 Å². The molecule has 0 radical (unpaired) electrons. The number of imide groups is 1. The molecule has 2 saturated heterocycles. The minimum atomic E-state index is -0.974. The van der Waals surface area contributed by atoms with Crippen molar-refractivity contribution in [3.63, 3.8) is 0 Å². The van der Waals surface area contributed by atoms with Crippen LogP contribution in [0.2, 0.25) is 0 Å². The molecule has 2 aromatic rings. The Bertz CT molecular complexity index is 1140. The lowest BCUT2D eigenvalue weighted by Gasteiger charge is -2.30. The molecule has 0 spiro atoms. The summed E-state index contributed by atoms with van der Waals surface area (Å²) in [7, 11) is 1.53. The lowest BCUT2D eigenvalue weighted by molar-refractivity contribution is -0.123. The molecule has 2 fully saturated rings. The third-order valence-corrected chi connectivity index (χ3v) is 6.03. The summed E-state index contributed by atoms with van der Waals surface area (Å²) in [5.41, 5.74) is 0.275. The van der Waals surface area contributed by atoms with Crippen LogP contribution in [-0.2, 0) is 9.59 Å². The minimum absolute atomic E-state index is 0.0996. The molecule has 7 nitrogen and oxygen atoms in total. The van der Waals surface area contributed by atoms with Gasteiger partial charge in [-0.05, 0) is 42.5 Å². The number of amides is 2. The number of hydrogen-bond donors (Lipinski definition) is 0. The first-order chi connectivity index (χ1) is 15.0. The van der Waals surface area contributed by atoms with Gasteiger partial charge in [0, 0.05) is 11.8 Å². The fourth-order valence-corrected chi connectivity index (χ4v) is 4.63. The van der Waals surface area contributed by atoms with Gasteiger partial charge in [0.05, 0.1) is 30.7 Å². The van der Waals surface area contributed by atoms with Crippen LogP contribution in [0.25, 0.3) is 0 Å². The summed E-state index contributed by atoms with van der Waals surface area (Å²) < 4.78 is 19.6. The summed E-state index contributed by atoms with van der Waals surface area (Å²) in [6.45, 7) is 0. The molecule has 5 rings (SSSR count). The van der Waals surface area contributed by atoms with Crippen LogP contribution >= 0.6 is 0 Å². The van der Waals surface area contributed by atoms with Gasteiger partial charge in [-0.25, -0.2) is 9.29 Å². The highest BCUT2D eigenvalue weighted by Crippen LogP contribution is 2.46. The maximum atomic E-state index is 14.4. The van der Waals surface area contributed by atoms with Crippen LogP contribution in [0.15, 0.2) is 65.8 Å². The van der Waals surface area contributed by atoms with Crippen LogP contribution in [0.3, 0.4) is 0 Å². The monoisotopic (exact) mass is 419 g/mol. The fraction of sp³-hybridized carbons (Fsp3) is 0.217. The summed E-state index contributed by atoms with van der Waals surface area (Å²) >= 11 is 0. The molecule has 3 aliphatic heterocycles. The standard InChI is InChI=1S/C23H18FN3O4/c1-31-14-10-8-13(9-11-14)21(28)20-19-18(17-7-4-12-25-27(17)20)22(29)26(23(19)30)16-6-3-2-5-15(16)24/h2-12,17-20H,1H3/t17-,18+,19+,20-/m1/s1. The van der Waals surface area contributed by atoms with Crippen molar-refractivity contribution in [1.82, 2.24) is 5.01 Å². The van der Waals surface area contributed by atoms with Gasteiger partial charge in [0.2, 0.25) is 11.8 Å². The number of fused-ring (bicyclic) bond motifs is 3. The molecule has 31 heavy (non-hydrogen) atoms. The lowest BCUT2D eigenvalue weighted by atomic mass is 9.86. The van der Waals surface area contributed by atoms with Crippen molar-refractivity contribution in [2.45, 2.75) is 12.1 Å². The highest BCUT2D eigenvalue weighted by atomic mass is 19.1. The molecule has 8 heteroatoms. The summed E-state index contributed by atoms with van der Waals surface area (Å²) in [6.07, 6.45) is 4.96. The highest BCUT2D eigenvalue weighted by Gasteiger charge is 2.64. The van der Waals surface area contributed by atoms with Crippen molar-refractivity contribution in [2.75, 3.05) is 12.0 Å². The maximum absolute atomic E-state index is 14.4. The van der Waals surface area contributed by atoms with E-state index in [9.17, 15) is 18.8 Å². The van der Waals surface area contributed by atoms with E-state index in [-0.39, 0.29) is 11.5 Å². The number of benzene rings is 2. The van der Waals surface area contributed by atoms with E-state index in [4.69, 9.17) is 4.74 Å². The number of carbonyl (C=O) groups excluding carboxylic acids is 3. The van der Waals surface area contributed by atoms with E-state index in [0.717, 1.165) is 4.90 Å². The summed E-state index contributed by atoms with van der Waals surface area (Å²) in [6, 6.07) is 10.6. The van der Waals surface area contributed by atoms with Gasteiger partial charge < -0.3 is 4.74 Å². The predicted octanol–water partition coefficient (Wildman–Crippen LogP) is 2.43. The Morgan fingerprint density at radius 1 is 1.03 bits per heavy atom. The SMILES string of the molecule is COc1ccc(C(=O)[C@H]2[C@H]3C(=O)N(c4ccccc4F)C(=O)[C@H]3[C@H]3C=CC=NN32)cc1. The molecular formula is C23H18FN3O4. The molecule has 0 aliphatic carbocycles. The van der Waals surface area contributed by atoms with Crippen LogP contribution in [0.5, 0.6) is 5.75 Å². The van der Waals surface area contributed by atoms with Gasteiger partial charge in [-0.2, -0.15) is 5.10 Å². The first kappa shape index (κ1) is 19.2. The number of para-hydroxylation sites is 1. The number of hydrogen-bond acceptors (Lipinski definition) is 6. The van der Waals surface area contributed by atoms with E-state index in [0.29, 0.717) is 11.3 Å².